The molecule has 1 saturated carbocycles. The number of amides is 1. The van der Waals surface area contributed by atoms with Crippen molar-refractivity contribution in [1.82, 2.24) is 4.90 Å². The Morgan fingerprint density at radius 2 is 1.73 bits per heavy atom. The molecule has 1 aliphatic heterocycles. The Labute approximate surface area is 131 Å². The third-order valence-electron chi connectivity index (χ3n) is 4.97. The number of rotatable bonds is 5. The summed E-state index contributed by atoms with van der Waals surface area (Å²) in [7, 11) is 0. The van der Waals surface area contributed by atoms with Crippen molar-refractivity contribution in [2.45, 2.75) is 38.0 Å². The second kappa shape index (κ2) is 6.51. The zero-order chi connectivity index (χ0) is 15.5. The van der Waals surface area contributed by atoms with Crippen molar-refractivity contribution in [3.05, 3.63) is 35.9 Å². The fourth-order valence-electron chi connectivity index (χ4n) is 3.56. The van der Waals surface area contributed by atoms with Crippen molar-refractivity contribution in [3.8, 4) is 0 Å². The Morgan fingerprint density at radius 3 is 2.27 bits per heavy atom. The molecule has 1 saturated heterocycles. The molecule has 2 fully saturated rings. The van der Waals surface area contributed by atoms with Gasteiger partial charge in [0.2, 0.25) is 5.91 Å². The molecule has 0 radical (unpaired) electrons. The summed E-state index contributed by atoms with van der Waals surface area (Å²) in [5, 5.41) is 9.23. The number of hydrogen-bond donors (Lipinski definition) is 1. The van der Waals surface area contributed by atoms with Gasteiger partial charge in [-0.15, -0.1) is 0 Å². The zero-order valence-corrected chi connectivity index (χ0v) is 12.8. The smallest absolute Gasteiger partial charge is 0.303 e. The van der Waals surface area contributed by atoms with Crippen LogP contribution in [0.4, 0.5) is 0 Å². The lowest BCUT2D eigenvalue weighted by Crippen LogP contribution is -2.40. The van der Waals surface area contributed by atoms with Gasteiger partial charge in [-0.05, 0) is 43.1 Å². The first-order valence-corrected chi connectivity index (χ1v) is 8.20. The van der Waals surface area contributed by atoms with Crippen molar-refractivity contribution >= 4 is 11.9 Å². The van der Waals surface area contributed by atoms with Gasteiger partial charge in [0.1, 0.15) is 0 Å². The lowest BCUT2D eigenvalue weighted by atomic mass is 9.78. The molecular formula is C18H23NO3. The number of carbonyl (C=O) groups is 2. The van der Waals surface area contributed by atoms with Gasteiger partial charge in [0.15, 0.2) is 0 Å². The van der Waals surface area contributed by atoms with E-state index in [4.69, 9.17) is 0 Å². The molecule has 22 heavy (non-hydrogen) atoms. The molecule has 1 heterocycles. The highest BCUT2D eigenvalue weighted by Crippen LogP contribution is 2.37. The quantitative estimate of drug-likeness (QED) is 0.909. The summed E-state index contributed by atoms with van der Waals surface area (Å²) in [6, 6.07) is 9.94. The van der Waals surface area contributed by atoms with Crippen LogP contribution in [0.25, 0.3) is 0 Å². The van der Waals surface area contributed by atoms with E-state index < -0.39 is 5.97 Å². The highest BCUT2D eigenvalue weighted by atomic mass is 16.4. The average Bonchev–Trinajstić information content (AvgIpc) is 3.38. The van der Waals surface area contributed by atoms with Gasteiger partial charge in [0.05, 0.1) is 6.42 Å². The van der Waals surface area contributed by atoms with Crippen LogP contribution in [-0.4, -0.2) is 35.0 Å². The van der Waals surface area contributed by atoms with Gasteiger partial charge in [-0.3, -0.25) is 9.59 Å². The van der Waals surface area contributed by atoms with E-state index >= 15 is 0 Å². The van der Waals surface area contributed by atoms with E-state index in [0.717, 1.165) is 44.3 Å². The topological polar surface area (TPSA) is 57.6 Å². The van der Waals surface area contributed by atoms with Crippen LogP contribution in [0.15, 0.2) is 30.3 Å². The maximum Gasteiger partial charge on any atom is 0.303 e. The normalized spacial score (nSPS) is 20.6. The third-order valence-corrected chi connectivity index (χ3v) is 4.97. The summed E-state index contributed by atoms with van der Waals surface area (Å²) < 4.78 is 0. The van der Waals surface area contributed by atoms with E-state index in [0.29, 0.717) is 11.8 Å². The summed E-state index contributed by atoms with van der Waals surface area (Å²) in [5.74, 6) is 0.248. The predicted octanol–water partition coefficient (Wildman–Crippen LogP) is 2.89. The molecule has 1 atom stereocenters. The van der Waals surface area contributed by atoms with E-state index in [-0.39, 0.29) is 18.3 Å². The molecule has 1 unspecified atom stereocenters. The third kappa shape index (κ3) is 3.49. The molecule has 1 N–H and O–H groups in total. The maximum absolute atomic E-state index is 12.1. The van der Waals surface area contributed by atoms with E-state index in [9.17, 15) is 14.7 Å². The van der Waals surface area contributed by atoms with Crippen LogP contribution >= 0.6 is 0 Å². The van der Waals surface area contributed by atoms with Gasteiger partial charge >= 0.3 is 5.97 Å². The first-order valence-electron chi connectivity index (χ1n) is 8.20. The van der Waals surface area contributed by atoms with E-state index in [1.807, 2.05) is 35.2 Å². The Hall–Kier alpha value is -1.84. The fraction of sp³-hybridized carbons (Fsp3) is 0.556. The highest BCUT2D eigenvalue weighted by Gasteiger charge is 2.36. The Kier molecular flexibility index (Phi) is 4.46. The fourth-order valence-corrected chi connectivity index (χ4v) is 3.56. The molecule has 4 nitrogen and oxygen atoms in total. The van der Waals surface area contributed by atoms with Crippen LogP contribution in [0, 0.1) is 11.8 Å². The number of nitrogens with zero attached hydrogens (tertiary/aromatic N) is 1. The minimum atomic E-state index is -0.745. The van der Waals surface area contributed by atoms with Gasteiger partial charge in [0, 0.05) is 19.0 Å². The van der Waals surface area contributed by atoms with Crippen LogP contribution in [0.3, 0.4) is 0 Å². The number of hydrogen-bond acceptors (Lipinski definition) is 2. The molecule has 1 aromatic carbocycles. The van der Waals surface area contributed by atoms with Crippen molar-refractivity contribution < 1.29 is 14.7 Å². The molecule has 1 amide bonds. The molecule has 118 valence electrons. The number of aliphatic carboxylic acids is 1. The molecular weight excluding hydrogens is 278 g/mol. The van der Waals surface area contributed by atoms with Crippen molar-refractivity contribution in [2.24, 2.45) is 11.8 Å². The van der Waals surface area contributed by atoms with Crippen LogP contribution in [0.2, 0.25) is 0 Å². The van der Waals surface area contributed by atoms with Gasteiger partial charge in [-0.2, -0.15) is 0 Å². The molecule has 1 aromatic rings. The van der Waals surface area contributed by atoms with Gasteiger partial charge < -0.3 is 10.0 Å². The van der Waals surface area contributed by atoms with Gasteiger partial charge in [0.25, 0.3) is 0 Å². The lowest BCUT2D eigenvalue weighted by molar-refractivity contribution is -0.138. The van der Waals surface area contributed by atoms with E-state index in [1.54, 1.807) is 0 Å². The second-order valence-corrected chi connectivity index (χ2v) is 6.55. The summed E-state index contributed by atoms with van der Waals surface area (Å²) in [6.45, 7) is 1.56. The Bertz CT molecular complexity index is 531. The molecule has 4 heteroatoms. The van der Waals surface area contributed by atoms with Crippen LogP contribution < -0.4 is 0 Å². The average molecular weight is 301 g/mol. The van der Waals surface area contributed by atoms with Crippen molar-refractivity contribution in [2.75, 3.05) is 13.1 Å². The molecule has 1 aliphatic carbocycles. The molecule has 3 rings (SSSR count). The minimum Gasteiger partial charge on any atom is -0.481 e. The minimum absolute atomic E-state index is 0.0527. The first kappa shape index (κ1) is 15.1. The monoisotopic (exact) mass is 301 g/mol. The molecule has 0 aromatic heterocycles. The van der Waals surface area contributed by atoms with Crippen LogP contribution in [0.5, 0.6) is 0 Å². The molecule has 0 spiro atoms. The number of carbonyl (C=O) groups excluding carboxylic acids is 1. The van der Waals surface area contributed by atoms with E-state index in [2.05, 4.69) is 0 Å². The van der Waals surface area contributed by atoms with E-state index in [1.165, 1.54) is 0 Å². The molecule has 0 bridgehead atoms. The van der Waals surface area contributed by atoms with Gasteiger partial charge in [-0.25, -0.2) is 0 Å². The lowest BCUT2D eigenvalue weighted by Gasteiger charge is -2.36. The predicted molar refractivity (Wildman–Crippen MR) is 83.5 cm³/mol. The Balaban J connectivity index is 1.65. The summed E-state index contributed by atoms with van der Waals surface area (Å²) in [5.41, 5.74) is 1.11. The summed E-state index contributed by atoms with van der Waals surface area (Å²) >= 11 is 0. The second-order valence-electron chi connectivity index (χ2n) is 6.55. The summed E-state index contributed by atoms with van der Waals surface area (Å²) in [4.78, 5) is 25.3. The van der Waals surface area contributed by atoms with Crippen molar-refractivity contribution in [3.63, 3.8) is 0 Å². The number of benzene rings is 1. The zero-order valence-electron chi connectivity index (χ0n) is 12.8. The highest BCUT2D eigenvalue weighted by molar-refractivity contribution is 5.81. The number of carboxylic acid groups (broad SMARTS) is 1. The van der Waals surface area contributed by atoms with Crippen LogP contribution in [-0.2, 0) is 9.59 Å². The SMILES string of the molecule is O=C(O)CC(c1ccccc1)C1CCN(C(=O)C2CC2)CC1. The molecule has 2 aliphatic rings. The van der Waals surface area contributed by atoms with Crippen molar-refractivity contribution in [1.29, 1.82) is 0 Å². The standard InChI is InChI=1S/C18H23NO3/c20-17(21)12-16(13-4-2-1-3-5-13)14-8-10-19(11-9-14)18(22)15-6-7-15/h1-5,14-16H,6-12H2,(H,20,21). The first-order chi connectivity index (χ1) is 10.6. The number of carboxylic acids is 1. The van der Waals surface area contributed by atoms with Gasteiger partial charge in [-0.1, -0.05) is 30.3 Å². The maximum atomic E-state index is 12.1. The largest absolute Gasteiger partial charge is 0.481 e. The van der Waals surface area contributed by atoms with Crippen LogP contribution in [0.1, 0.15) is 43.6 Å². The number of piperidine rings is 1. The number of likely N-dealkylation sites (tertiary alicyclic amines) is 1. The Morgan fingerprint density at radius 1 is 1.09 bits per heavy atom. The summed E-state index contributed by atoms with van der Waals surface area (Å²) in [6.07, 6.45) is 4.08.